The summed E-state index contributed by atoms with van der Waals surface area (Å²) in [5, 5.41) is 2.87. The second-order valence-corrected chi connectivity index (χ2v) is 10.3. The van der Waals surface area contributed by atoms with Gasteiger partial charge in [0.05, 0.1) is 24.2 Å². The van der Waals surface area contributed by atoms with Gasteiger partial charge in [-0.25, -0.2) is 8.42 Å². The molecule has 30 heavy (non-hydrogen) atoms. The van der Waals surface area contributed by atoms with Gasteiger partial charge in [0.1, 0.15) is 4.90 Å². The molecule has 0 bridgehead atoms. The Kier molecular flexibility index (Phi) is 6.34. The summed E-state index contributed by atoms with van der Waals surface area (Å²) < 4.78 is 32.5. The van der Waals surface area contributed by atoms with Crippen LogP contribution in [0.25, 0.3) is 0 Å². The second-order valence-electron chi connectivity index (χ2n) is 8.04. The van der Waals surface area contributed by atoms with Gasteiger partial charge in [-0.1, -0.05) is 24.4 Å². The highest BCUT2D eigenvalue weighted by molar-refractivity contribution is 7.89. The molecule has 1 aromatic carbocycles. The minimum absolute atomic E-state index is 0.0220. The summed E-state index contributed by atoms with van der Waals surface area (Å²) in [6, 6.07) is 4.67. The van der Waals surface area contributed by atoms with Gasteiger partial charge in [0.25, 0.3) is 0 Å². The first kappa shape index (κ1) is 21.5. The van der Waals surface area contributed by atoms with Crippen LogP contribution in [0, 0.1) is 5.92 Å². The maximum absolute atomic E-state index is 13.0. The van der Waals surface area contributed by atoms with E-state index in [2.05, 4.69) is 5.32 Å². The number of rotatable bonds is 5. The molecular weight excluding hydrogens is 430 g/mol. The van der Waals surface area contributed by atoms with Crippen LogP contribution in [0.2, 0.25) is 5.02 Å². The van der Waals surface area contributed by atoms with Gasteiger partial charge in [0.15, 0.2) is 0 Å². The fourth-order valence-electron chi connectivity index (χ4n) is 4.43. The molecule has 164 valence electrons. The number of carbonyl (C=O) groups is 2. The zero-order valence-corrected chi connectivity index (χ0v) is 18.3. The fraction of sp³-hybridized carbons (Fsp3) is 0.600. The second kappa shape index (κ2) is 8.82. The summed E-state index contributed by atoms with van der Waals surface area (Å²) >= 11 is 6.17. The van der Waals surface area contributed by atoms with Gasteiger partial charge < -0.3 is 15.0 Å². The number of ether oxygens (including phenoxy) is 1. The minimum Gasteiger partial charge on any atom is -0.379 e. The average molecular weight is 456 g/mol. The molecule has 2 saturated heterocycles. The molecule has 1 aliphatic carbocycles. The molecular formula is C20H26ClN3O5S. The normalized spacial score (nSPS) is 23.8. The van der Waals surface area contributed by atoms with Crippen molar-refractivity contribution in [3.8, 4) is 0 Å². The van der Waals surface area contributed by atoms with E-state index >= 15 is 0 Å². The highest BCUT2D eigenvalue weighted by Crippen LogP contribution is 2.31. The van der Waals surface area contributed by atoms with E-state index in [9.17, 15) is 18.0 Å². The van der Waals surface area contributed by atoms with E-state index in [0.29, 0.717) is 25.4 Å². The molecule has 8 nitrogen and oxygen atoms in total. The largest absolute Gasteiger partial charge is 0.379 e. The highest BCUT2D eigenvalue weighted by atomic mass is 35.5. The Hall–Kier alpha value is -1.68. The zero-order chi connectivity index (χ0) is 21.3. The number of benzene rings is 1. The highest BCUT2D eigenvalue weighted by Gasteiger charge is 2.38. The molecule has 1 N–H and O–H groups in total. The quantitative estimate of drug-likeness (QED) is 0.733. The molecule has 1 unspecified atom stereocenters. The molecule has 2 heterocycles. The summed E-state index contributed by atoms with van der Waals surface area (Å²) in [6.07, 6.45) is 4.43. The third-order valence-corrected chi connectivity index (χ3v) is 8.46. The van der Waals surface area contributed by atoms with Crippen LogP contribution in [0.4, 0.5) is 5.69 Å². The van der Waals surface area contributed by atoms with Gasteiger partial charge in [-0.2, -0.15) is 4.31 Å². The van der Waals surface area contributed by atoms with Crippen molar-refractivity contribution in [1.29, 1.82) is 0 Å². The number of nitrogens with one attached hydrogen (secondary N) is 1. The van der Waals surface area contributed by atoms with Crippen molar-refractivity contribution in [2.24, 2.45) is 5.92 Å². The van der Waals surface area contributed by atoms with Gasteiger partial charge in [0, 0.05) is 37.8 Å². The van der Waals surface area contributed by atoms with Crippen molar-refractivity contribution >= 4 is 39.1 Å². The van der Waals surface area contributed by atoms with Crippen LogP contribution >= 0.6 is 11.6 Å². The van der Waals surface area contributed by atoms with E-state index in [1.165, 1.54) is 16.4 Å². The van der Waals surface area contributed by atoms with Crippen LogP contribution < -0.4 is 5.32 Å². The van der Waals surface area contributed by atoms with E-state index < -0.39 is 15.9 Å². The number of hydrogen-bond donors (Lipinski definition) is 1. The molecule has 1 saturated carbocycles. The number of hydrogen-bond acceptors (Lipinski definition) is 5. The van der Waals surface area contributed by atoms with Gasteiger partial charge in [0.2, 0.25) is 21.8 Å². The molecule has 0 aromatic heterocycles. The first-order valence-corrected chi connectivity index (χ1v) is 12.2. The fourth-order valence-corrected chi connectivity index (χ4v) is 6.33. The van der Waals surface area contributed by atoms with Gasteiger partial charge in [-0.15, -0.1) is 0 Å². The number of nitrogens with zero attached hydrogens (tertiary/aromatic N) is 2. The molecule has 2 aliphatic heterocycles. The molecule has 3 fully saturated rings. The Bertz CT molecular complexity index is 926. The molecule has 0 radical (unpaired) electrons. The van der Waals surface area contributed by atoms with Gasteiger partial charge >= 0.3 is 0 Å². The Morgan fingerprint density at radius 3 is 2.57 bits per heavy atom. The van der Waals surface area contributed by atoms with Crippen molar-refractivity contribution in [3.63, 3.8) is 0 Å². The molecule has 0 spiro atoms. The first-order valence-electron chi connectivity index (χ1n) is 10.3. The third kappa shape index (κ3) is 4.34. The number of halogens is 1. The van der Waals surface area contributed by atoms with Crippen LogP contribution in [0.3, 0.4) is 0 Å². The lowest BCUT2D eigenvalue weighted by Gasteiger charge is -2.26. The molecule has 10 heteroatoms. The maximum atomic E-state index is 13.0. The minimum atomic E-state index is -3.79. The number of morpholine rings is 1. The van der Waals surface area contributed by atoms with Gasteiger partial charge in [-0.3, -0.25) is 9.59 Å². The Morgan fingerprint density at radius 1 is 1.17 bits per heavy atom. The Balaban J connectivity index is 1.46. The molecule has 4 rings (SSSR count). The van der Waals surface area contributed by atoms with Crippen LogP contribution in [-0.4, -0.2) is 68.3 Å². The number of amides is 2. The lowest BCUT2D eigenvalue weighted by molar-refractivity contribution is -0.129. The molecule has 2 amide bonds. The number of sulfonamides is 1. The average Bonchev–Trinajstić information content (AvgIpc) is 3.39. The van der Waals surface area contributed by atoms with Crippen molar-refractivity contribution in [3.05, 3.63) is 23.2 Å². The molecule has 1 aromatic rings. The van der Waals surface area contributed by atoms with Crippen LogP contribution in [-0.2, 0) is 24.3 Å². The summed E-state index contributed by atoms with van der Waals surface area (Å²) in [5.74, 6) is -0.692. The first-order chi connectivity index (χ1) is 14.4. The Morgan fingerprint density at radius 2 is 1.87 bits per heavy atom. The maximum Gasteiger partial charge on any atom is 0.244 e. The number of carbonyl (C=O) groups excluding carboxylic acids is 2. The van der Waals surface area contributed by atoms with Crippen LogP contribution in [0.15, 0.2) is 23.1 Å². The van der Waals surface area contributed by atoms with E-state index in [1.54, 1.807) is 6.07 Å². The monoisotopic (exact) mass is 455 g/mol. The summed E-state index contributed by atoms with van der Waals surface area (Å²) in [4.78, 5) is 26.9. The topological polar surface area (TPSA) is 96.0 Å². The lowest BCUT2D eigenvalue weighted by atomic mass is 10.1. The molecule has 1 atom stereocenters. The molecule has 3 aliphatic rings. The Labute approximate surface area is 181 Å². The smallest absolute Gasteiger partial charge is 0.244 e. The van der Waals surface area contributed by atoms with E-state index in [-0.39, 0.29) is 47.3 Å². The van der Waals surface area contributed by atoms with Crippen LogP contribution in [0.5, 0.6) is 0 Å². The number of anilines is 1. The zero-order valence-electron chi connectivity index (χ0n) is 16.7. The lowest BCUT2D eigenvalue weighted by Crippen LogP contribution is -2.40. The van der Waals surface area contributed by atoms with Crippen molar-refractivity contribution in [1.82, 2.24) is 9.21 Å². The van der Waals surface area contributed by atoms with Gasteiger partial charge in [-0.05, 0) is 31.0 Å². The van der Waals surface area contributed by atoms with E-state index in [0.717, 1.165) is 25.7 Å². The predicted molar refractivity (Wildman–Crippen MR) is 112 cm³/mol. The number of likely N-dealkylation sites (tertiary alicyclic amines) is 1. The predicted octanol–water partition coefficient (Wildman–Crippen LogP) is 2.09. The van der Waals surface area contributed by atoms with Crippen molar-refractivity contribution in [2.45, 2.75) is 43.0 Å². The SMILES string of the molecule is O=C(Nc1ccc(Cl)c(S(=O)(=O)N2CCOCC2)c1)C1CC(=O)N(C2CCCC2)C1. The van der Waals surface area contributed by atoms with Crippen molar-refractivity contribution < 1.29 is 22.7 Å². The van der Waals surface area contributed by atoms with E-state index in [1.807, 2.05) is 4.90 Å². The standard InChI is InChI=1S/C20H26ClN3O5S/c21-17-6-5-15(12-18(17)30(27,28)23-7-9-29-10-8-23)22-20(26)14-11-19(25)24(13-14)16-3-1-2-4-16/h5-6,12,14,16H,1-4,7-11,13H2,(H,22,26). The summed E-state index contributed by atoms with van der Waals surface area (Å²) in [6.45, 7) is 1.61. The third-order valence-electron chi connectivity index (χ3n) is 6.08. The van der Waals surface area contributed by atoms with Crippen molar-refractivity contribution in [2.75, 3.05) is 38.2 Å². The summed E-state index contributed by atoms with van der Waals surface area (Å²) in [5.41, 5.74) is 0.350. The summed E-state index contributed by atoms with van der Waals surface area (Å²) in [7, 11) is -3.79. The van der Waals surface area contributed by atoms with Crippen LogP contribution in [0.1, 0.15) is 32.1 Å². The van der Waals surface area contributed by atoms with E-state index in [4.69, 9.17) is 16.3 Å².